The molecule has 2 nitrogen and oxygen atoms in total. The van der Waals surface area contributed by atoms with Gasteiger partial charge < -0.3 is 10.4 Å². The summed E-state index contributed by atoms with van der Waals surface area (Å²) in [5.41, 5.74) is 4.94. The van der Waals surface area contributed by atoms with Gasteiger partial charge in [-0.25, -0.2) is 0 Å². The number of aliphatic hydroxyl groups is 1. The summed E-state index contributed by atoms with van der Waals surface area (Å²) >= 11 is 6.03. The molecule has 2 aromatic carbocycles. The van der Waals surface area contributed by atoms with E-state index >= 15 is 0 Å². The Morgan fingerprint density at radius 1 is 1.10 bits per heavy atom. The third-order valence-corrected chi connectivity index (χ3v) is 4.18. The summed E-state index contributed by atoms with van der Waals surface area (Å²) in [6.45, 7) is 0.947. The van der Waals surface area contributed by atoms with Crippen LogP contribution in [-0.4, -0.2) is 5.11 Å². The molecule has 0 fully saturated rings. The van der Waals surface area contributed by atoms with Crippen LogP contribution < -0.4 is 5.32 Å². The number of benzene rings is 2. The van der Waals surface area contributed by atoms with Crippen LogP contribution in [-0.2, 0) is 19.6 Å². The summed E-state index contributed by atoms with van der Waals surface area (Å²) in [5, 5.41) is 13.5. The Bertz CT molecular complexity index is 594. The van der Waals surface area contributed by atoms with Gasteiger partial charge in [0.05, 0.1) is 6.61 Å². The zero-order valence-corrected chi connectivity index (χ0v) is 12.0. The molecule has 0 heterocycles. The van der Waals surface area contributed by atoms with Gasteiger partial charge in [-0.3, -0.25) is 0 Å². The van der Waals surface area contributed by atoms with Gasteiger partial charge in [0.15, 0.2) is 0 Å². The standard InChI is InChI=1S/C17H18ClNO/c18-15-6-7-16-14(9-15)5-8-17(16)19-10-12-1-3-13(11-20)4-2-12/h1-4,6-7,9,17,19-20H,5,8,10-11H2. The highest BCUT2D eigenvalue weighted by molar-refractivity contribution is 6.30. The molecule has 1 aliphatic rings. The number of fused-ring (bicyclic) bond motifs is 1. The van der Waals surface area contributed by atoms with Gasteiger partial charge in [-0.1, -0.05) is 41.9 Å². The first-order valence-electron chi connectivity index (χ1n) is 6.96. The van der Waals surface area contributed by atoms with E-state index in [9.17, 15) is 0 Å². The van der Waals surface area contributed by atoms with Gasteiger partial charge in [0, 0.05) is 17.6 Å². The fraction of sp³-hybridized carbons (Fsp3) is 0.294. The Balaban J connectivity index is 1.65. The molecule has 3 heteroatoms. The van der Waals surface area contributed by atoms with Gasteiger partial charge in [-0.2, -0.15) is 0 Å². The average Bonchev–Trinajstić information content (AvgIpc) is 2.88. The lowest BCUT2D eigenvalue weighted by Gasteiger charge is -2.14. The first kappa shape index (κ1) is 13.6. The van der Waals surface area contributed by atoms with Gasteiger partial charge in [-0.05, 0) is 47.2 Å². The van der Waals surface area contributed by atoms with Gasteiger partial charge in [0.1, 0.15) is 0 Å². The predicted molar refractivity (Wildman–Crippen MR) is 81.7 cm³/mol. The van der Waals surface area contributed by atoms with Gasteiger partial charge in [-0.15, -0.1) is 0 Å². The minimum atomic E-state index is 0.102. The second-order valence-corrected chi connectivity index (χ2v) is 5.73. The molecule has 1 aliphatic carbocycles. The van der Waals surface area contributed by atoms with Crippen molar-refractivity contribution in [1.29, 1.82) is 0 Å². The first-order chi connectivity index (χ1) is 9.76. The number of hydrogen-bond acceptors (Lipinski definition) is 2. The molecule has 0 aliphatic heterocycles. The van der Waals surface area contributed by atoms with Crippen LogP contribution in [0.5, 0.6) is 0 Å². The van der Waals surface area contributed by atoms with Crippen molar-refractivity contribution in [2.75, 3.05) is 0 Å². The van der Waals surface area contributed by atoms with Crippen LogP contribution in [0.1, 0.15) is 34.7 Å². The maximum atomic E-state index is 9.04. The minimum Gasteiger partial charge on any atom is -0.392 e. The van der Waals surface area contributed by atoms with E-state index in [1.54, 1.807) is 0 Å². The monoisotopic (exact) mass is 287 g/mol. The zero-order valence-electron chi connectivity index (χ0n) is 11.3. The van der Waals surface area contributed by atoms with E-state index in [0.717, 1.165) is 30.0 Å². The molecular formula is C17H18ClNO. The maximum Gasteiger partial charge on any atom is 0.0681 e. The van der Waals surface area contributed by atoms with Crippen LogP contribution in [0.3, 0.4) is 0 Å². The molecule has 2 N–H and O–H groups in total. The van der Waals surface area contributed by atoms with Crippen LogP contribution in [0.25, 0.3) is 0 Å². The summed E-state index contributed by atoms with van der Waals surface area (Å²) in [7, 11) is 0. The Morgan fingerprint density at radius 3 is 2.60 bits per heavy atom. The quantitative estimate of drug-likeness (QED) is 0.900. The van der Waals surface area contributed by atoms with Crippen LogP contribution >= 0.6 is 11.6 Å². The van der Waals surface area contributed by atoms with E-state index < -0.39 is 0 Å². The summed E-state index contributed by atoms with van der Waals surface area (Å²) in [6.07, 6.45) is 2.22. The van der Waals surface area contributed by atoms with Crippen molar-refractivity contribution in [3.8, 4) is 0 Å². The number of nitrogens with one attached hydrogen (secondary N) is 1. The van der Waals surface area contributed by atoms with E-state index in [0.29, 0.717) is 6.04 Å². The molecule has 104 valence electrons. The van der Waals surface area contributed by atoms with E-state index in [-0.39, 0.29) is 6.61 Å². The Hall–Kier alpha value is -1.35. The minimum absolute atomic E-state index is 0.102. The van der Waals surface area contributed by atoms with Crippen molar-refractivity contribution in [2.45, 2.75) is 32.0 Å². The molecule has 20 heavy (non-hydrogen) atoms. The van der Waals surface area contributed by atoms with E-state index in [2.05, 4.69) is 29.6 Å². The second-order valence-electron chi connectivity index (χ2n) is 5.29. The third kappa shape index (κ3) is 2.88. The molecule has 2 aromatic rings. The molecule has 0 aromatic heterocycles. The third-order valence-electron chi connectivity index (χ3n) is 3.94. The molecule has 0 saturated carbocycles. The number of halogens is 1. The van der Waals surface area contributed by atoms with Crippen molar-refractivity contribution in [3.05, 3.63) is 69.7 Å². The fourth-order valence-corrected chi connectivity index (χ4v) is 3.00. The van der Waals surface area contributed by atoms with Crippen LogP contribution in [0, 0.1) is 0 Å². The van der Waals surface area contributed by atoms with Crippen molar-refractivity contribution in [1.82, 2.24) is 5.32 Å². The first-order valence-corrected chi connectivity index (χ1v) is 7.34. The molecule has 0 bridgehead atoms. The smallest absolute Gasteiger partial charge is 0.0681 e. The van der Waals surface area contributed by atoms with Crippen molar-refractivity contribution in [2.24, 2.45) is 0 Å². The normalized spacial score (nSPS) is 17.2. The fourth-order valence-electron chi connectivity index (χ4n) is 2.80. The van der Waals surface area contributed by atoms with Crippen molar-refractivity contribution >= 4 is 11.6 Å². The van der Waals surface area contributed by atoms with Crippen LogP contribution in [0.2, 0.25) is 5.02 Å². The molecule has 0 saturated heterocycles. The van der Waals surface area contributed by atoms with Gasteiger partial charge >= 0.3 is 0 Å². The molecule has 1 unspecified atom stereocenters. The van der Waals surface area contributed by atoms with Gasteiger partial charge in [0.25, 0.3) is 0 Å². The summed E-state index contributed by atoms with van der Waals surface area (Å²) in [6, 6.07) is 14.7. The van der Waals surface area contributed by atoms with E-state index in [4.69, 9.17) is 16.7 Å². The Morgan fingerprint density at radius 2 is 1.85 bits per heavy atom. The number of hydrogen-bond donors (Lipinski definition) is 2. The van der Waals surface area contributed by atoms with E-state index in [1.165, 1.54) is 16.7 Å². The molecule has 3 rings (SSSR count). The summed E-state index contributed by atoms with van der Waals surface area (Å²) < 4.78 is 0. The highest BCUT2D eigenvalue weighted by Crippen LogP contribution is 2.32. The SMILES string of the molecule is OCc1ccc(CNC2CCc3cc(Cl)ccc32)cc1. The highest BCUT2D eigenvalue weighted by atomic mass is 35.5. The van der Waals surface area contributed by atoms with Gasteiger partial charge in [0.2, 0.25) is 0 Å². The second kappa shape index (κ2) is 5.96. The zero-order chi connectivity index (χ0) is 13.9. The highest BCUT2D eigenvalue weighted by Gasteiger charge is 2.21. The topological polar surface area (TPSA) is 32.3 Å². The molecule has 0 radical (unpaired) electrons. The van der Waals surface area contributed by atoms with Crippen LogP contribution in [0.4, 0.5) is 0 Å². The lowest BCUT2D eigenvalue weighted by molar-refractivity contribution is 0.282. The lowest BCUT2D eigenvalue weighted by Crippen LogP contribution is -2.18. The number of aliphatic hydroxyl groups excluding tert-OH is 1. The lowest BCUT2D eigenvalue weighted by atomic mass is 10.1. The van der Waals surface area contributed by atoms with Crippen LogP contribution in [0.15, 0.2) is 42.5 Å². The number of rotatable bonds is 4. The Kier molecular flexibility index (Phi) is 4.06. The molecule has 1 atom stereocenters. The molecular weight excluding hydrogens is 270 g/mol. The summed E-state index contributed by atoms with van der Waals surface area (Å²) in [4.78, 5) is 0. The molecule has 0 amide bonds. The maximum absolute atomic E-state index is 9.04. The average molecular weight is 288 g/mol. The summed E-state index contributed by atoms with van der Waals surface area (Å²) in [5.74, 6) is 0. The van der Waals surface area contributed by atoms with E-state index in [1.807, 2.05) is 18.2 Å². The predicted octanol–water partition coefficient (Wildman–Crippen LogP) is 3.61. The largest absolute Gasteiger partial charge is 0.392 e. The Labute approximate surface area is 124 Å². The number of aryl methyl sites for hydroxylation is 1. The van der Waals surface area contributed by atoms with Crippen molar-refractivity contribution in [3.63, 3.8) is 0 Å². The van der Waals surface area contributed by atoms with Crippen molar-refractivity contribution < 1.29 is 5.11 Å². The molecule has 0 spiro atoms.